The van der Waals surface area contributed by atoms with Crippen molar-refractivity contribution in [2.75, 3.05) is 44.1 Å². The molecule has 0 fully saturated rings. The van der Waals surface area contributed by atoms with Crippen LogP contribution in [0.4, 0.5) is 34.1 Å². The van der Waals surface area contributed by atoms with E-state index >= 15 is 0 Å². The van der Waals surface area contributed by atoms with E-state index in [2.05, 4.69) is 27.0 Å². The molecule has 0 N–H and O–H groups in total. The van der Waals surface area contributed by atoms with Crippen LogP contribution in [-0.4, -0.2) is 40.3 Å². The largest absolute Gasteiger partial charge is 0.460 e. The standard InChI is InChI=1S/C27H30N6O2/c1-20(2)27(34)35-19-18-33(5)26-16-12-24(13-17-26)31-29-22-8-6-21(7-9-22)28-30-23-10-14-25(15-11-23)32(3)4/h6-17H,1,18-19H2,2-5H3. The lowest BCUT2D eigenvalue weighted by Crippen LogP contribution is -2.23. The monoisotopic (exact) mass is 470 g/mol. The molecule has 8 nitrogen and oxygen atoms in total. The first-order valence-corrected chi connectivity index (χ1v) is 11.2. The molecule has 0 aliphatic rings. The molecule has 3 aromatic carbocycles. The third-order valence-corrected chi connectivity index (χ3v) is 5.08. The first kappa shape index (κ1) is 25.3. The van der Waals surface area contributed by atoms with Crippen molar-refractivity contribution in [1.82, 2.24) is 0 Å². The molecule has 35 heavy (non-hydrogen) atoms. The second-order valence-electron chi connectivity index (χ2n) is 8.18. The minimum absolute atomic E-state index is 0.294. The fourth-order valence-corrected chi connectivity index (χ4v) is 2.94. The number of anilines is 2. The molecule has 0 unspecified atom stereocenters. The van der Waals surface area contributed by atoms with Crippen LogP contribution in [-0.2, 0) is 9.53 Å². The molecular formula is C27H30N6O2. The van der Waals surface area contributed by atoms with E-state index in [0.29, 0.717) is 18.7 Å². The minimum Gasteiger partial charge on any atom is -0.460 e. The molecule has 0 aromatic heterocycles. The van der Waals surface area contributed by atoms with Gasteiger partial charge < -0.3 is 14.5 Å². The maximum atomic E-state index is 11.5. The zero-order valence-electron chi connectivity index (χ0n) is 20.5. The molecule has 0 saturated heterocycles. The molecule has 3 rings (SSSR count). The second kappa shape index (κ2) is 12.2. The van der Waals surface area contributed by atoms with Gasteiger partial charge in [-0.05, 0) is 79.7 Å². The molecule has 0 heterocycles. The second-order valence-corrected chi connectivity index (χ2v) is 8.18. The quantitative estimate of drug-likeness (QED) is 0.179. The molecule has 0 radical (unpaired) electrons. The number of benzene rings is 3. The van der Waals surface area contributed by atoms with Gasteiger partial charge in [0.1, 0.15) is 6.61 Å². The molecule has 3 aromatic rings. The number of hydrogen-bond donors (Lipinski definition) is 0. The van der Waals surface area contributed by atoms with Gasteiger partial charge in [-0.3, -0.25) is 0 Å². The topological polar surface area (TPSA) is 82.2 Å². The Hall–Kier alpha value is -4.33. The summed E-state index contributed by atoms with van der Waals surface area (Å²) in [6, 6.07) is 22.9. The van der Waals surface area contributed by atoms with Gasteiger partial charge >= 0.3 is 5.97 Å². The Balaban J connectivity index is 1.52. The van der Waals surface area contributed by atoms with Crippen molar-refractivity contribution in [3.63, 3.8) is 0 Å². The highest BCUT2D eigenvalue weighted by Gasteiger charge is 2.05. The van der Waals surface area contributed by atoms with Crippen LogP contribution in [0.3, 0.4) is 0 Å². The fourth-order valence-electron chi connectivity index (χ4n) is 2.94. The summed E-state index contributed by atoms with van der Waals surface area (Å²) in [7, 11) is 5.93. The number of azo groups is 2. The molecule has 0 aliphatic carbocycles. The maximum absolute atomic E-state index is 11.5. The van der Waals surface area contributed by atoms with Crippen LogP contribution in [0.25, 0.3) is 0 Å². The molecule has 0 atom stereocenters. The number of carbonyl (C=O) groups is 1. The zero-order chi connectivity index (χ0) is 25.2. The van der Waals surface area contributed by atoms with E-state index < -0.39 is 0 Å². The molecular weight excluding hydrogens is 440 g/mol. The van der Waals surface area contributed by atoms with E-state index in [9.17, 15) is 4.79 Å². The number of carbonyl (C=O) groups excluding carboxylic acids is 1. The van der Waals surface area contributed by atoms with Crippen molar-refractivity contribution in [1.29, 1.82) is 0 Å². The van der Waals surface area contributed by atoms with Gasteiger partial charge in [-0.2, -0.15) is 20.5 Å². The Labute approximate surface area is 206 Å². The summed E-state index contributed by atoms with van der Waals surface area (Å²) < 4.78 is 5.14. The summed E-state index contributed by atoms with van der Waals surface area (Å²) in [5.74, 6) is -0.375. The van der Waals surface area contributed by atoms with Crippen LogP contribution in [0.15, 0.2) is 105 Å². The molecule has 8 heteroatoms. The van der Waals surface area contributed by atoms with Crippen molar-refractivity contribution in [3.8, 4) is 0 Å². The Bertz CT molecular complexity index is 1180. The van der Waals surface area contributed by atoms with Gasteiger partial charge in [0.15, 0.2) is 0 Å². The van der Waals surface area contributed by atoms with Gasteiger partial charge in [-0.1, -0.05) is 6.58 Å². The first-order chi connectivity index (χ1) is 16.8. The van der Waals surface area contributed by atoms with E-state index in [1.165, 1.54) is 0 Å². The fraction of sp³-hybridized carbons (Fsp3) is 0.222. The maximum Gasteiger partial charge on any atom is 0.333 e. The van der Waals surface area contributed by atoms with Crippen LogP contribution >= 0.6 is 0 Å². The summed E-state index contributed by atoms with van der Waals surface area (Å²) >= 11 is 0. The number of hydrogen-bond acceptors (Lipinski definition) is 8. The SMILES string of the molecule is C=C(C)C(=O)OCCN(C)c1ccc(N=Nc2ccc(N=Nc3ccc(N(C)C)cc3)cc2)cc1. The van der Waals surface area contributed by atoms with Crippen LogP contribution in [0, 0.1) is 0 Å². The summed E-state index contributed by atoms with van der Waals surface area (Å²) in [5, 5.41) is 17.1. The third kappa shape index (κ3) is 7.89. The predicted octanol–water partition coefficient (Wildman–Crippen LogP) is 7.14. The highest BCUT2D eigenvalue weighted by molar-refractivity contribution is 5.86. The minimum atomic E-state index is -0.375. The molecule has 0 amide bonds. The Kier molecular flexibility index (Phi) is 8.83. The highest BCUT2D eigenvalue weighted by atomic mass is 16.5. The van der Waals surface area contributed by atoms with Gasteiger partial charge in [0.05, 0.1) is 29.3 Å². The summed E-state index contributed by atoms with van der Waals surface area (Å²) in [6.45, 7) is 6.07. The first-order valence-electron chi connectivity index (χ1n) is 11.2. The van der Waals surface area contributed by atoms with E-state index in [-0.39, 0.29) is 5.97 Å². The van der Waals surface area contributed by atoms with Gasteiger partial charge in [-0.25, -0.2) is 4.79 Å². The van der Waals surface area contributed by atoms with Crippen LogP contribution < -0.4 is 9.80 Å². The molecule has 0 spiro atoms. The van der Waals surface area contributed by atoms with E-state index in [1.54, 1.807) is 6.92 Å². The van der Waals surface area contributed by atoms with Crippen molar-refractivity contribution in [3.05, 3.63) is 84.9 Å². The lowest BCUT2D eigenvalue weighted by Gasteiger charge is -2.19. The summed E-state index contributed by atoms with van der Waals surface area (Å²) in [6.07, 6.45) is 0. The Morgan fingerprint density at radius 3 is 1.46 bits per heavy atom. The third-order valence-electron chi connectivity index (χ3n) is 5.08. The average molecular weight is 471 g/mol. The summed E-state index contributed by atoms with van der Waals surface area (Å²) in [4.78, 5) is 15.5. The lowest BCUT2D eigenvalue weighted by atomic mass is 10.2. The molecule has 0 saturated carbocycles. The van der Waals surface area contributed by atoms with E-state index in [0.717, 1.165) is 34.1 Å². The van der Waals surface area contributed by atoms with Crippen molar-refractivity contribution in [2.24, 2.45) is 20.5 Å². The van der Waals surface area contributed by atoms with Gasteiger partial charge in [0.25, 0.3) is 0 Å². The average Bonchev–Trinajstić information content (AvgIpc) is 2.87. The Morgan fingerprint density at radius 1 is 0.714 bits per heavy atom. The lowest BCUT2D eigenvalue weighted by molar-refractivity contribution is -0.138. The van der Waals surface area contributed by atoms with Crippen molar-refractivity contribution in [2.45, 2.75) is 6.92 Å². The van der Waals surface area contributed by atoms with E-state index in [4.69, 9.17) is 4.74 Å². The molecule has 0 aliphatic heterocycles. The zero-order valence-corrected chi connectivity index (χ0v) is 20.5. The van der Waals surface area contributed by atoms with Crippen molar-refractivity contribution < 1.29 is 9.53 Å². The van der Waals surface area contributed by atoms with Crippen LogP contribution in [0.2, 0.25) is 0 Å². The number of esters is 1. The Morgan fingerprint density at radius 2 is 1.09 bits per heavy atom. The van der Waals surface area contributed by atoms with E-state index in [1.807, 2.05) is 104 Å². The van der Waals surface area contributed by atoms with Crippen molar-refractivity contribution >= 4 is 40.1 Å². The number of rotatable bonds is 10. The summed E-state index contributed by atoms with van der Waals surface area (Å²) in [5.41, 5.74) is 5.49. The molecule has 0 bridgehead atoms. The van der Waals surface area contributed by atoms with Gasteiger partial charge in [-0.15, -0.1) is 0 Å². The van der Waals surface area contributed by atoms with Gasteiger partial charge in [0, 0.05) is 38.1 Å². The number of ether oxygens (including phenoxy) is 1. The smallest absolute Gasteiger partial charge is 0.333 e. The van der Waals surface area contributed by atoms with Crippen LogP contribution in [0.1, 0.15) is 6.92 Å². The normalized spacial score (nSPS) is 11.1. The van der Waals surface area contributed by atoms with Gasteiger partial charge in [0.2, 0.25) is 0 Å². The highest BCUT2D eigenvalue weighted by Crippen LogP contribution is 2.25. The number of likely N-dealkylation sites (N-methyl/N-ethyl adjacent to an activating group) is 1. The van der Waals surface area contributed by atoms with Crippen LogP contribution in [0.5, 0.6) is 0 Å². The number of nitrogens with zero attached hydrogens (tertiary/aromatic N) is 6. The predicted molar refractivity (Wildman–Crippen MR) is 141 cm³/mol. The molecule has 180 valence electrons.